The molecule has 1 aliphatic carbocycles. The monoisotopic (exact) mass is 481 g/mol. The summed E-state index contributed by atoms with van der Waals surface area (Å²) in [6, 6.07) is 9.45. The van der Waals surface area contributed by atoms with Crippen LogP contribution in [0.5, 0.6) is 0 Å². The molecule has 2 aromatic heterocycles. The molecule has 0 saturated heterocycles. The fourth-order valence-electron chi connectivity index (χ4n) is 4.23. The van der Waals surface area contributed by atoms with Gasteiger partial charge in [0.05, 0.1) is 12.8 Å². The number of carbonyl (C=O) groups is 3. The molecule has 8 nitrogen and oxygen atoms in total. The van der Waals surface area contributed by atoms with Gasteiger partial charge in [0, 0.05) is 11.7 Å². The molecule has 1 saturated carbocycles. The molecule has 9 heteroatoms. The minimum atomic E-state index is -1.19. The smallest absolute Gasteiger partial charge is 0.287 e. The number of carbonyl (C=O) groups excluding carboxylic acids is 3. The molecule has 1 aromatic carbocycles. The first-order valence-electron chi connectivity index (χ1n) is 11.6. The molecule has 3 aromatic rings. The van der Waals surface area contributed by atoms with E-state index in [1.165, 1.54) is 29.4 Å². The number of furan rings is 2. The highest BCUT2D eigenvalue weighted by Gasteiger charge is 2.36. The number of benzene rings is 1. The zero-order chi connectivity index (χ0) is 24.9. The highest BCUT2D eigenvalue weighted by molar-refractivity contribution is 6.04. The van der Waals surface area contributed by atoms with Gasteiger partial charge in [0.25, 0.3) is 11.8 Å². The van der Waals surface area contributed by atoms with Gasteiger partial charge in [-0.2, -0.15) is 0 Å². The molecule has 0 bridgehead atoms. The van der Waals surface area contributed by atoms with Gasteiger partial charge in [-0.1, -0.05) is 18.9 Å². The zero-order valence-electron chi connectivity index (χ0n) is 19.7. The second-order valence-corrected chi connectivity index (χ2v) is 8.70. The standard InChI is InChI=1S/C26H28FN3O5/c1-16-9-11-19(14-20(16)27)30(23(31)15-28-25(32)22-8-5-13-34-22)24(21-12-10-17(2)35-21)26(33)29-18-6-3-4-7-18/h5,8-14,18,24H,3-4,6-7,15H2,1-2H3,(H,28,32)(H,29,33). The normalized spacial score (nSPS) is 14.5. The first kappa shape index (κ1) is 24.3. The third-order valence-corrected chi connectivity index (χ3v) is 6.09. The highest BCUT2D eigenvalue weighted by Crippen LogP contribution is 2.31. The maximum atomic E-state index is 14.6. The summed E-state index contributed by atoms with van der Waals surface area (Å²) >= 11 is 0. The van der Waals surface area contributed by atoms with Crippen molar-refractivity contribution in [3.05, 3.63) is 77.4 Å². The maximum absolute atomic E-state index is 14.6. The van der Waals surface area contributed by atoms with E-state index in [-0.39, 0.29) is 23.2 Å². The summed E-state index contributed by atoms with van der Waals surface area (Å²) in [5.74, 6) is -1.31. The molecule has 1 aliphatic rings. The number of nitrogens with zero attached hydrogens (tertiary/aromatic N) is 1. The van der Waals surface area contributed by atoms with Gasteiger partial charge < -0.3 is 19.5 Å². The van der Waals surface area contributed by atoms with Crippen LogP contribution in [0.25, 0.3) is 0 Å². The van der Waals surface area contributed by atoms with Crippen LogP contribution in [0.4, 0.5) is 10.1 Å². The second-order valence-electron chi connectivity index (χ2n) is 8.70. The van der Waals surface area contributed by atoms with Crippen LogP contribution in [0.15, 0.2) is 57.6 Å². The first-order valence-corrected chi connectivity index (χ1v) is 11.6. The highest BCUT2D eigenvalue weighted by atomic mass is 19.1. The molecule has 3 amide bonds. The molecule has 1 atom stereocenters. The van der Waals surface area contributed by atoms with Crippen molar-refractivity contribution in [2.24, 2.45) is 0 Å². The van der Waals surface area contributed by atoms with Gasteiger partial charge in [-0.05, 0) is 68.7 Å². The van der Waals surface area contributed by atoms with Crippen molar-refractivity contribution < 1.29 is 27.6 Å². The fraction of sp³-hybridized carbons (Fsp3) is 0.346. The van der Waals surface area contributed by atoms with E-state index < -0.39 is 36.1 Å². The summed E-state index contributed by atoms with van der Waals surface area (Å²) < 4.78 is 25.4. The third-order valence-electron chi connectivity index (χ3n) is 6.09. The van der Waals surface area contributed by atoms with Gasteiger partial charge in [0.2, 0.25) is 5.91 Å². The molecule has 2 heterocycles. The Balaban J connectivity index is 1.68. The van der Waals surface area contributed by atoms with Gasteiger partial charge >= 0.3 is 0 Å². The van der Waals surface area contributed by atoms with Crippen LogP contribution in [-0.2, 0) is 9.59 Å². The number of hydrogen-bond acceptors (Lipinski definition) is 5. The van der Waals surface area contributed by atoms with E-state index in [1.54, 1.807) is 38.1 Å². The van der Waals surface area contributed by atoms with Crippen LogP contribution in [0.3, 0.4) is 0 Å². The Hall–Kier alpha value is -3.88. The van der Waals surface area contributed by atoms with Crippen molar-refractivity contribution in [1.29, 1.82) is 0 Å². The van der Waals surface area contributed by atoms with E-state index in [1.807, 2.05) is 0 Å². The third kappa shape index (κ3) is 5.62. The minimum Gasteiger partial charge on any atom is -0.464 e. The molecule has 0 aliphatic heterocycles. The average Bonchev–Trinajstić information content (AvgIpc) is 3.61. The quantitative estimate of drug-likeness (QED) is 0.502. The Morgan fingerprint density at radius 1 is 1.11 bits per heavy atom. The number of hydrogen-bond donors (Lipinski definition) is 2. The van der Waals surface area contributed by atoms with E-state index >= 15 is 0 Å². The Labute approximate surface area is 202 Å². The summed E-state index contributed by atoms with van der Waals surface area (Å²) in [7, 11) is 0. The van der Waals surface area contributed by atoms with E-state index in [2.05, 4.69) is 10.6 Å². The lowest BCUT2D eigenvalue weighted by molar-refractivity contribution is -0.127. The second kappa shape index (κ2) is 10.6. The lowest BCUT2D eigenvalue weighted by atomic mass is 10.1. The van der Waals surface area contributed by atoms with Crippen molar-refractivity contribution in [2.75, 3.05) is 11.4 Å². The average molecular weight is 482 g/mol. The lowest BCUT2D eigenvalue weighted by Crippen LogP contribution is -2.49. The first-order chi connectivity index (χ1) is 16.8. The molecule has 1 unspecified atom stereocenters. The zero-order valence-corrected chi connectivity index (χ0v) is 19.7. The van der Waals surface area contributed by atoms with Crippen molar-refractivity contribution in [2.45, 2.75) is 51.6 Å². The summed E-state index contributed by atoms with van der Waals surface area (Å²) in [6.45, 7) is 2.90. The Bertz CT molecular complexity index is 1200. The van der Waals surface area contributed by atoms with Gasteiger partial charge in [0.1, 0.15) is 17.3 Å². The molecular weight excluding hydrogens is 453 g/mol. The molecule has 2 N–H and O–H groups in total. The van der Waals surface area contributed by atoms with Crippen LogP contribution in [0.2, 0.25) is 0 Å². The van der Waals surface area contributed by atoms with E-state index in [4.69, 9.17) is 8.83 Å². The van der Waals surface area contributed by atoms with Gasteiger partial charge in [-0.3, -0.25) is 19.3 Å². The SMILES string of the molecule is Cc1ccc(C(C(=O)NC2CCCC2)N(C(=O)CNC(=O)c2ccco2)c2ccc(C)c(F)c2)o1. The predicted octanol–water partition coefficient (Wildman–Crippen LogP) is 4.19. The summed E-state index contributed by atoms with van der Waals surface area (Å²) in [5, 5.41) is 5.52. The molecule has 184 valence electrons. The van der Waals surface area contributed by atoms with E-state index in [9.17, 15) is 18.8 Å². The summed E-state index contributed by atoms with van der Waals surface area (Å²) in [6.07, 6.45) is 5.07. The fourth-order valence-corrected chi connectivity index (χ4v) is 4.23. The maximum Gasteiger partial charge on any atom is 0.287 e. The Morgan fingerprint density at radius 3 is 2.51 bits per heavy atom. The lowest BCUT2D eigenvalue weighted by Gasteiger charge is -2.31. The van der Waals surface area contributed by atoms with Crippen molar-refractivity contribution in [3.8, 4) is 0 Å². The number of rotatable bonds is 8. The largest absolute Gasteiger partial charge is 0.464 e. The van der Waals surface area contributed by atoms with Crippen LogP contribution in [0, 0.1) is 19.7 Å². The predicted molar refractivity (Wildman–Crippen MR) is 126 cm³/mol. The van der Waals surface area contributed by atoms with Crippen molar-refractivity contribution in [3.63, 3.8) is 0 Å². The van der Waals surface area contributed by atoms with Crippen LogP contribution in [0.1, 0.15) is 59.4 Å². The molecule has 35 heavy (non-hydrogen) atoms. The van der Waals surface area contributed by atoms with E-state index in [0.29, 0.717) is 11.3 Å². The number of aryl methyl sites for hydroxylation is 2. The Morgan fingerprint density at radius 2 is 1.89 bits per heavy atom. The molecular formula is C26H28FN3O5. The summed E-state index contributed by atoms with van der Waals surface area (Å²) in [5.41, 5.74) is 0.569. The molecule has 1 fully saturated rings. The van der Waals surface area contributed by atoms with Gasteiger partial charge in [-0.15, -0.1) is 0 Å². The van der Waals surface area contributed by atoms with Crippen molar-refractivity contribution >= 4 is 23.4 Å². The van der Waals surface area contributed by atoms with Gasteiger partial charge in [-0.25, -0.2) is 4.39 Å². The molecule has 4 rings (SSSR count). The number of amides is 3. The number of nitrogens with one attached hydrogen (secondary N) is 2. The van der Waals surface area contributed by atoms with Crippen LogP contribution < -0.4 is 15.5 Å². The van der Waals surface area contributed by atoms with Crippen molar-refractivity contribution in [1.82, 2.24) is 10.6 Å². The molecule has 0 spiro atoms. The topological polar surface area (TPSA) is 105 Å². The number of anilines is 1. The Kier molecular flexibility index (Phi) is 7.33. The van der Waals surface area contributed by atoms with Crippen LogP contribution in [-0.4, -0.2) is 30.3 Å². The van der Waals surface area contributed by atoms with Gasteiger partial charge in [0.15, 0.2) is 11.8 Å². The summed E-state index contributed by atoms with van der Waals surface area (Å²) in [4.78, 5) is 40.6. The number of halogens is 1. The van der Waals surface area contributed by atoms with E-state index in [0.717, 1.165) is 25.7 Å². The molecule has 0 radical (unpaired) electrons. The van der Waals surface area contributed by atoms with Crippen LogP contribution >= 0.6 is 0 Å². The minimum absolute atomic E-state index is 0.00794.